The third-order valence-electron chi connectivity index (χ3n) is 6.35. The van der Waals surface area contributed by atoms with Gasteiger partial charge in [0.2, 0.25) is 5.91 Å². The fraction of sp³-hybridized carbons (Fsp3) is 0.636. The third-order valence-corrected chi connectivity index (χ3v) is 6.35. The molecule has 1 amide bonds. The molecule has 2 saturated heterocycles. The van der Waals surface area contributed by atoms with E-state index in [9.17, 15) is 9.59 Å². The molecule has 0 saturated carbocycles. The Labute approximate surface area is 167 Å². The Morgan fingerprint density at radius 1 is 1.18 bits per heavy atom. The first-order valence-electron chi connectivity index (χ1n) is 10.3. The maximum absolute atomic E-state index is 13.7. The van der Waals surface area contributed by atoms with Gasteiger partial charge in [-0.25, -0.2) is 0 Å². The first-order chi connectivity index (χ1) is 13.4. The molecule has 6 nitrogen and oxygen atoms in total. The second-order valence-corrected chi connectivity index (χ2v) is 8.25. The van der Waals surface area contributed by atoms with Crippen molar-refractivity contribution in [2.75, 3.05) is 39.9 Å². The predicted molar refractivity (Wildman–Crippen MR) is 107 cm³/mol. The molecule has 154 valence electrons. The Hall–Kier alpha value is -1.92. The van der Waals surface area contributed by atoms with Gasteiger partial charge >= 0.3 is 5.97 Å². The maximum atomic E-state index is 13.7. The van der Waals surface area contributed by atoms with E-state index in [1.807, 2.05) is 16.8 Å². The van der Waals surface area contributed by atoms with Crippen molar-refractivity contribution < 1.29 is 19.4 Å². The molecule has 28 heavy (non-hydrogen) atoms. The molecule has 6 heteroatoms. The van der Waals surface area contributed by atoms with Crippen LogP contribution in [0.3, 0.4) is 0 Å². The van der Waals surface area contributed by atoms with Crippen LogP contribution in [0.2, 0.25) is 0 Å². The molecule has 2 fully saturated rings. The number of aliphatic carboxylic acids is 1. The highest BCUT2D eigenvalue weighted by Crippen LogP contribution is 2.37. The number of nitrogens with zero attached hydrogens (tertiary/aromatic N) is 2. The Kier molecular flexibility index (Phi) is 6.73. The second kappa shape index (κ2) is 9.05. The van der Waals surface area contributed by atoms with Gasteiger partial charge < -0.3 is 14.7 Å². The highest BCUT2D eigenvalue weighted by molar-refractivity contribution is 5.88. The van der Waals surface area contributed by atoms with Gasteiger partial charge in [0.1, 0.15) is 0 Å². The van der Waals surface area contributed by atoms with Gasteiger partial charge in [0, 0.05) is 32.3 Å². The van der Waals surface area contributed by atoms with Crippen molar-refractivity contribution in [3.63, 3.8) is 0 Å². The van der Waals surface area contributed by atoms with Crippen LogP contribution in [0.4, 0.5) is 0 Å². The molecule has 1 N–H and O–H groups in total. The normalized spacial score (nSPS) is 22.7. The molecule has 0 bridgehead atoms. The minimum Gasteiger partial charge on any atom is -0.480 e. The number of likely N-dealkylation sites (N-methyl/N-ethyl adjacent to an activating group) is 1. The minimum absolute atomic E-state index is 0.0449. The Morgan fingerprint density at radius 2 is 1.86 bits per heavy atom. The molecular weight excluding hydrogens is 356 g/mol. The SMILES string of the molecule is Cc1ccc(C2(C(=O)N3CCCC(N(C)CC(=O)O)CC3)CCOCC2)cc1. The van der Waals surface area contributed by atoms with E-state index in [1.165, 1.54) is 5.56 Å². The number of rotatable bonds is 5. The quantitative estimate of drug-likeness (QED) is 0.839. The number of carbonyl (C=O) groups excluding carboxylic acids is 1. The third kappa shape index (κ3) is 4.55. The van der Waals surface area contributed by atoms with E-state index in [0.29, 0.717) is 32.6 Å². The summed E-state index contributed by atoms with van der Waals surface area (Å²) < 4.78 is 5.58. The lowest BCUT2D eigenvalue weighted by Gasteiger charge is -2.40. The van der Waals surface area contributed by atoms with Gasteiger partial charge in [-0.3, -0.25) is 14.5 Å². The van der Waals surface area contributed by atoms with Gasteiger partial charge in [-0.05, 0) is 51.6 Å². The number of hydrogen-bond donors (Lipinski definition) is 1. The lowest BCUT2D eigenvalue weighted by Crippen LogP contribution is -2.50. The van der Waals surface area contributed by atoms with E-state index >= 15 is 0 Å². The van der Waals surface area contributed by atoms with Crippen LogP contribution in [0.15, 0.2) is 24.3 Å². The molecule has 1 unspecified atom stereocenters. The van der Waals surface area contributed by atoms with Crippen LogP contribution >= 0.6 is 0 Å². The number of ether oxygens (including phenoxy) is 1. The zero-order valence-corrected chi connectivity index (χ0v) is 17.0. The number of benzene rings is 1. The van der Waals surface area contributed by atoms with E-state index in [-0.39, 0.29) is 18.5 Å². The summed E-state index contributed by atoms with van der Waals surface area (Å²) in [6.45, 7) is 4.75. The summed E-state index contributed by atoms with van der Waals surface area (Å²) >= 11 is 0. The fourth-order valence-corrected chi connectivity index (χ4v) is 4.59. The van der Waals surface area contributed by atoms with E-state index < -0.39 is 11.4 Å². The zero-order valence-electron chi connectivity index (χ0n) is 17.0. The lowest BCUT2D eigenvalue weighted by molar-refractivity contribution is -0.141. The van der Waals surface area contributed by atoms with Crippen molar-refractivity contribution in [1.82, 2.24) is 9.80 Å². The average Bonchev–Trinajstić information content (AvgIpc) is 2.94. The largest absolute Gasteiger partial charge is 0.480 e. The fourth-order valence-electron chi connectivity index (χ4n) is 4.59. The monoisotopic (exact) mass is 388 g/mol. The predicted octanol–water partition coefficient (Wildman–Crippen LogP) is 2.44. The summed E-state index contributed by atoms with van der Waals surface area (Å²) in [4.78, 5) is 28.7. The van der Waals surface area contributed by atoms with Crippen molar-refractivity contribution in [2.24, 2.45) is 0 Å². The summed E-state index contributed by atoms with van der Waals surface area (Å²) in [6.07, 6.45) is 4.08. The molecule has 2 heterocycles. The Bertz CT molecular complexity index is 682. The van der Waals surface area contributed by atoms with Gasteiger partial charge in [-0.1, -0.05) is 29.8 Å². The van der Waals surface area contributed by atoms with Gasteiger partial charge in [-0.2, -0.15) is 0 Å². The van der Waals surface area contributed by atoms with Crippen molar-refractivity contribution in [2.45, 2.75) is 50.5 Å². The first-order valence-corrected chi connectivity index (χ1v) is 10.3. The molecule has 2 aliphatic heterocycles. The van der Waals surface area contributed by atoms with Crippen LogP contribution in [0.1, 0.15) is 43.2 Å². The summed E-state index contributed by atoms with van der Waals surface area (Å²) in [6, 6.07) is 8.57. The number of hydrogen-bond acceptors (Lipinski definition) is 4. The number of amides is 1. The molecular formula is C22H32N2O4. The Morgan fingerprint density at radius 3 is 2.50 bits per heavy atom. The summed E-state index contributed by atoms with van der Waals surface area (Å²) in [5.74, 6) is -0.596. The van der Waals surface area contributed by atoms with Gasteiger partial charge in [-0.15, -0.1) is 0 Å². The van der Waals surface area contributed by atoms with Crippen molar-refractivity contribution in [1.29, 1.82) is 0 Å². The number of aryl methyl sites for hydroxylation is 1. The molecule has 0 radical (unpaired) electrons. The van der Waals surface area contributed by atoms with Gasteiger partial charge in [0.15, 0.2) is 0 Å². The van der Waals surface area contributed by atoms with Crippen LogP contribution in [0.5, 0.6) is 0 Å². The maximum Gasteiger partial charge on any atom is 0.317 e. The summed E-state index contributed by atoms with van der Waals surface area (Å²) in [5, 5.41) is 9.06. The van der Waals surface area contributed by atoms with E-state index in [2.05, 4.69) is 31.2 Å². The topological polar surface area (TPSA) is 70.1 Å². The van der Waals surface area contributed by atoms with Crippen LogP contribution < -0.4 is 0 Å². The number of carboxylic acid groups (broad SMARTS) is 1. The van der Waals surface area contributed by atoms with Gasteiger partial charge in [0.05, 0.1) is 12.0 Å². The molecule has 1 aromatic carbocycles. The van der Waals surface area contributed by atoms with Crippen molar-refractivity contribution in [3.8, 4) is 0 Å². The van der Waals surface area contributed by atoms with Crippen molar-refractivity contribution in [3.05, 3.63) is 35.4 Å². The number of carbonyl (C=O) groups is 2. The highest BCUT2D eigenvalue weighted by Gasteiger charge is 2.44. The van der Waals surface area contributed by atoms with E-state index in [1.54, 1.807) is 0 Å². The molecule has 0 aromatic heterocycles. The first kappa shape index (κ1) is 20.8. The highest BCUT2D eigenvalue weighted by atomic mass is 16.5. The number of carboxylic acids is 1. The average molecular weight is 389 g/mol. The summed E-state index contributed by atoms with van der Waals surface area (Å²) in [7, 11) is 1.86. The Balaban J connectivity index is 1.76. The lowest BCUT2D eigenvalue weighted by atomic mass is 9.72. The molecule has 1 aromatic rings. The van der Waals surface area contributed by atoms with E-state index in [0.717, 1.165) is 31.4 Å². The smallest absolute Gasteiger partial charge is 0.317 e. The molecule has 2 aliphatic rings. The zero-order chi connectivity index (χ0) is 20.1. The standard InChI is InChI=1S/C22H32N2O4/c1-17-5-7-18(8-6-17)22(10-14-28-15-11-22)21(27)24-12-3-4-19(9-13-24)23(2)16-20(25)26/h5-8,19H,3-4,9-16H2,1-2H3,(H,25,26). The summed E-state index contributed by atoms with van der Waals surface area (Å²) in [5.41, 5.74) is 1.78. The molecule has 0 aliphatic carbocycles. The van der Waals surface area contributed by atoms with Crippen LogP contribution in [0.25, 0.3) is 0 Å². The van der Waals surface area contributed by atoms with Crippen LogP contribution in [0, 0.1) is 6.92 Å². The second-order valence-electron chi connectivity index (χ2n) is 8.25. The minimum atomic E-state index is -0.805. The van der Waals surface area contributed by atoms with Crippen molar-refractivity contribution >= 4 is 11.9 Å². The molecule has 0 spiro atoms. The van der Waals surface area contributed by atoms with Crippen LogP contribution in [-0.2, 0) is 19.7 Å². The van der Waals surface area contributed by atoms with Crippen LogP contribution in [-0.4, -0.2) is 72.7 Å². The molecule has 1 atom stereocenters. The molecule has 3 rings (SSSR count). The van der Waals surface area contributed by atoms with Gasteiger partial charge in [0.25, 0.3) is 0 Å². The number of likely N-dealkylation sites (tertiary alicyclic amines) is 1. The van der Waals surface area contributed by atoms with E-state index in [4.69, 9.17) is 9.84 Å².